The number of nitrogens with two attached hydrogens (primary N) is 1. The lowest BCUT2D eigenvalue weighted by Gasteiger charge is -2.06. The minimum atomic E-state index is 0.307. The van der Waals surface area contributed by atoms with Gasteiger partial charge in [0.1, 0.15) is 11.9 Å². The fraction of sp³-hybridized carbons (Fsp3) is 0.455. The monoisotopic (exact) mass is 222 g/mol. The number of rotatable bonds is 4. The second kappa shape index (κ2) is 8.50. The Hall–Kier alpha value is -1.80. The van der Waals surface area contributed by atoms with E-state index >= 15 is 0 Å². The second-order valence-electron chi connectivity index (χ2n) is 2.66. The van der Waals surface area contributed by atoms with E-state index in [4.69, 9.17) is 15.7 Å². The lowest BCUT2D eigenvalue weighted by molar-refractivity contribution is 0.211. The van der Waals surface area contributed by atoms with Crippen LogP contribution in [0.4, 0.5) is 11.5 Å². The summed E-state index contributed by atoms with van der Waals surface area (Å²) in [5.74, 6) is 0.346. The average Bonchev–Trinajstić information content (AvgIpc) is 2.33. The third-order valence-electron chi connectivity index (χ3n) is 1.64. The molecule has 1 aromatic rings. The molecule has 0 spiro atoms. The van der Waals surface area contributed by atoms with E-state index in [0.717, 1.165) is 0 Å². The van der Waals surface area contributed by atoms with Gasteiger partial charge >= 0.3 is 0 Å². The molecule has 0 radical (unpaired) electrons. The molecule has 0 aliphatic rings. The summed E-state index contributed by atoms with van der Waals surface area (Å²) >= 11 is 0. The Morgan fingerprint density at radius 2 is 2.19 bits per heavy atom. The van der Waals surface area contributed by atoms with E-state index in [1.165, 1.54) is 0 Å². The first-order valence-corrected chi connectivity index (χ1v) is 5.17. The molecule has 0 amide bonds. The number of hydrogen-bond acceptors (Lipinski definition) is 5. The van der Waals surface area contributed by atoms with Crippen LogP contribution in [0.2, 0.25) is 0 Å². The Morgan fingerprint density at radius 1 is 1.50 bits per heavy atom. The van der Waals surface area contributed by atoms with Gasteiger partial charge in [-0.05, 0) is 12.1 Å². The molecule has 1 heterocycles. The number of methoxy groups -OCH3 is 1. The molecule has 0 aromatic carbocycles. The van der Waals surface area contributed by atoms with Crippen molar-refractivity contribution < 1.29 is 4.74 Å². The molecule has 88 valence electrons. The van der Waals surface area contributed by atoms with Crippen molar-refractivity contribution in [1.29, 1.82) is 5.26 Å². The van der Waals surface area contributed by atoms with Crippen molar-refractivity contribution >= 4 is 11.5 Å². The Kier molecular flexibility index (Phi) is 7.55. The van der Waals surface area contributed by atoms with E-state index in [9.17, 15) is 0 Å². The molecule has 0 atom stereocenters. The van der Waals surface area contributed by atoms with Gasteiger partial charge in [-0.2, -0.15) is 5.26 Å². The Balaban J connectivity index is 0.00000106. The highest BCUT2D eigenvalue weighted by atomic mass is 16.5. The van der Waals surface area contributed by atoms with Crippen LogP contribution in [0.15, 0.2) is 12.1 Å². The molecule has 0 saturated carbocycles. The molecule has 0 unspecified atom stereocenters. The molecule has 0 saturated heterocycles. The summed E-state index contributed by atoms with van der Waals surface area (Å²) in [5, 5.41) is 11.8. The maximum atomic E-state index is 8.76. The molecule has 16 heavy (non-hydrogen) atoms. The van der Waals surface area contributed by atoms with Gasteiger partial charge in [-0.1, -0.05) is 13.8 Å². The zero-order valence-electron chi connectivity index (χ0n) is 9.95. The molecular formula is C11H18N4O. The van der Waals surface area contributed by atoms with Crippen LogP contribution in [0.3, 0.4) is 0 Å². The highest BCUT2D eigenvalue weighted by Crippen LogP contribution is 2.13. The van der Waals surface area contributed by atoms with Crippen molar-refractivity contribution in [2.24, 2.45) is 0 Å². The lowest BCUT2D eigenvalue weighted by atomic mass is 10.3. The molecule has 0 fully saturated rings. The summed E-state index contributed by atoms with van der Waals surface area (Å²) in [6, 6.07) is 5.35. The van der Waals surface area contributed by atoms with Crippen LogP contribution >= 0.6 is 0 Å². The third-order valence-corrected chi connectivity index (χ3v) is 1.64. The number of aromatic nitrogens is 1. The maximum Gasteiger partial charge on any atom is 0.165 e. The van der Waals surface area contributed by atoms with Gasteiger partial charge in [-0.3, -0.25) is 0 Å². The van der Waals surface area contributed by atoms with Gasteiger partial charge in [0.05, 0.1) is 12.3 Å². The summed E-state index contributed by atoms with van der Waals surface area (Å²) in [5.41, 5.74) is 6.43. The summed E-state index contributed by atoms with van der Waals surface area (Å²) in [7, 11) is 1.62. The van der Waals surface area contributed by atoms with Gasteiger partial charge in [-0.15, -0.1) is 0 Å². The summed E-state index contributed by atoms with van der Waals surface area (Å²) < 4.78 is 4.87. The van der Waals surface area contributed by atoms with E-state index < -0.39 is 0 Å². The summed E-state index contributed by atoms with van der Waals surface area (Å²) in [6.07, 6.45) is 0. The van der Waals surface area contributed by atoms with Crippen LogP contribution < -0.4 is 11.1 Å². The van der Waals surface area contributed by atoms with Gasteiger partial charge < -0.3 is 15.8 Å². The third kappa shape index (κ3) is 4.62. The van der Waals surface area contributed by atoms with Crippen LogP contribution in [-0.2, 0) is 4.74 Å². The Morgan fingerprint density at radius 3 is 2.75 bits per heavy atom. The number of nitrogen functional groups attached to an aromatic ring is 1. The Bertz CT molecular complexity index is 346. The zero-order valence-corrected chi connectivity index (χ0v) is 9.95. The molecular weight excluding hydrogens is 204 g/mol. The largest absolute Gasteiger partial charge is 0.384 e. The molecule has 1 aromatic heterocycles. The predicted molar refractivity (Wildman–Crippen MR) is 65.1 cm³/mol. The van der Waals surface area contributed by atoms with Crippen LogP contribution in [0.1, 0.15) is 19.5 Å². The molecule has 5 heteroatoms. The van der Waals surface area contributed by atoms with Crippen LogP contribution in [-0.4, -0.2) is 25.2 Å². The normalized spacial score (nSPS) is 8.62. The van der Waals surface area contributed by atoms with E-state index in [0.29, 0.717) is 30.4 Å². The zero-order chi connectivity index (χ0) is 12.4. The number of nitrogens with zero attached hydrogens (tertiary/aromatic N) is 2. The van der Waals surface area contributed by atoms with Gasteiger partial charge in [0, 0.05) is 13.7 Å². The highest BCUT2D eigenvalue weighted by Gasteiger charge is 2.02. The SMILES string of the molecule is CC.COCCNc1ccc(N)nc1C#N. The van der Waals surface area contributed by atoms with Crippen LogP contribution in [0.25, 0.3) is 0 Å². The van der Waals surface area contributed by atoms with E-state index in [2.05, 4.69) is 10.3 Å². The van der Waals surface area contributed by atoms with Crippen molar-refractivity contribution in [3.8, 4) is 6.07 Å². The first-order chi connectivity index (χ1) is 7.77. The quantitative estimate of drug-likeness (QED) is 0.756. The topological polar surface area (TPSA) is 84.0 Å². The highest BCUT2D eigenvalue weighted by molar-refractivity contribution is 5.56. The molecule has 0 bridgehead atoms. The first kappa shape index (κ1) is 14.2. The predicted octanol–water partition coefficient (Wildman–Crippen LogP) is 1.62. The fourth-order valence-electron chi connectivity index (χ4n) is 0.990. The fourth-order valence-corrected chi connectivity index (χ4v) is 0.990. The molecule has 0 aliphatic heterocycles. The van der Waals surface area contributed by atoms with Gasteiger partial charge in [0.25, 0.3) is 0 Å². The number of ether oxygens (including phenoxy) is 1. The molecule has 1 rings (SSSR count). The van der Waals surface area contributed by atoms with Gasteiger partial charge in [0.15, 0.2) is 5.69 Å². The van der Waals surface area contributed by atoms with Gasteiger partial charge in [-0.25, -0.2) is 4.98 Å². The van der Waals surface area contributed by atoms with Crippen molar-refractivity contribution in [2.75, 3.05) is 31.3 Å². The molecule has 0 aliphatic carbocycles. The number of pyridine rings is 1. The number of nitriles is 1. The smallest absolute Gasteiger partial charge is 0.165 e. The van der Waals surface area contributed by atoms with Crippen molar-refractivity contribution in [1.82, 2.24) is 4.98 Å². The lowest BCUT2D eigenvalue weighted by Crippen LogP contribution is -2.09. The van der Waals surface area contributed by atoms with Crippen LogP contribution in [0, 0.1) is 11.3 Å². The van der Waals surface area contributed by atoms with E-state index in [1.54, 1.807) is 19.2 Å². The standard InChI is InChI=1S/C9H12N4O.C2H6/c1-14-5-4-12-7-2-3-9(11)13-8(7)6-10;1-2/h2-3,12H,4-5H2,1H3,(H2,11,13);1-2H3. The maximum absolute atomic E-state index is 8.76. The van der Waals surface area contributed by atoms with Crippen molar-refractivity contribution in [3.05, 3.63) is 17.8 Å². The van der Waals surface area contributed by atoms with Crippen molar-refractivity contribution in [2.45, 2.75) is 13.8 Å². The van der Waals surface area contributed by atoms with E-state index in [1.807, 2.05) is 19.9 Å². The Labute approximate surface area is 96.2 Å². The summed E-state index contributed by atoms with van der Waals surface area (Å²) in [6.45, 7) is 5.21. The second-order valence-corrected chi connectivity index (χ2v) is 2.66. The first-order valence-electron chi connectivity index (χ1n) is 5.17. The van der Waals surface area contributed by atoms with E-state index in [-0.39, 0.29) is 0 Å². The summed E-state index contributed by atoms with van der Waals surface area (Å²) in [4.78, 5) is 3.88. The van der Waals surface area contributed by atoms with Crippen LogP contribution in [0.5, 0.6) is 0 Å². The van der Waals surface area contributed by atoms with Gasteiger partial charge in [0.2, 0.25) is 0 Å². The number of nitrogens with one attached hydrogen (secondary N) is 1. The minimum absolute atomic E-state index is 0.307. The minimum Gasteiger partial charge on any atom is -0.384 e. The molecule has 5 nitrogen and oxygen atoms in total. The molecule has 3 N–H and O–H groups in total. The van der Waals surface area contributed by atoms with Crippen molar-refractivity contribution in [3.63, 3.8) is 0 Å². The number of anilines is 2. The average molecular weight is 222 g/mol. The number of hydrogen-bond donors (Lipinski definition) is 2.